The number of allylic oxidation sites excluding steroid dienone is 3. The molecule has 0 aromatic heterocycles. The number of hydrogen-bond donors (Lipinski definition) is 1. The molecule has 0 aliphatic carbocycles. The summed E-state index contributed by atoms with van der Waals surface area (Å²) in [4.78, 5) is 0. The standard InChI is InChI=1S/C15H28BNO2/c1-9-12(13(10-2)17-8)11(3)16-18-14(4,5)15(6,7)19-16/h9-11,17H,1-8H3/b12-9+,13-10-. The molecule has 0 bridgehead atoms. The van der Waals surface area contributed by atoms with E-state index >= 15 is 0 Å². The zero-order valence-electron chi connectivity index (χ0n) is 13.6. The van der Waals surface area contributed by atoms with Crippen LogP contribution in [0.3, 0.4) is 0 Å². The van der Waals surface area contributed by atoms with Crippen molar-refractivity contribution in [2.24, 2.45) is 0 Å². The van der Waals surface area contributed by atoms with Crippen molar-refractivity contribution in [3.63, 3.8) is 0 Å². The highest BCUT2D eigenvalue weighted by molar-refractivity contribution is 6.48. The van der Waals surface area contributed by atoms with E-state index in [-0.39, 0.29) is 24.1 Å². The third kappa shape index (κ3) is 3.06. The monoisotopic (exact) mass is 265 g/mol. The van der Waals surface area contributed by atoms with E-state index in [1.807, 2.05) is 14.0 Å². The van der Waals surface area contributed by atoms with Gasteiger partial charge in [-0.1, -0.05) is 19.1 Å². The summed E-state index contributed by atoms with van der Waals surface area (Å²) in [5.41, 5.74) is 1.80. The van der Waals surface area contributed by atoms with Gasteiger partial charge in [-0.3, -0.25) is 0 Å². The van der Waals surface area contributed by atoms with E-state index in [9.17, 15) is 0 Å². The summed E-state index contributed by atoms with van der Waals surface area (Å²) in [6, 6.07) is 0. The van der Waals surface area contributed by atoms with Crippen molar-refractivity contribution in [1.82, 2.24) is 5.32 Å². The molecule has 1 atom stereocenters. The maximum atomic E-state index is 6.13. The van der Waals surface area contributed by atoms with Crippen molar-refractivity contribution in [2.75, 3.05) is 7.05 Å². The van der Waals surface area contributed by atoms with Crippen molar-refractivity contribution in [2.45, 2.75) is 65.5 Å². The molecule has 1 fully saturated rings. The van der Waals surface area contributed by atoms with Crippen LogP contribution in [0.1, 0.15) is 48.5 Å². The predicted molar refractivity (Wildman–Crippen MR) is 82.1 cm³/mol. The third-order valence-corrected chi connectivity index (χ3v) is 4.35. The van der Waals surface area contributed by atoms with Crippen molar-refractivity contribution < 1.29 is 9.31 Å². The van der Waals surface area contributed by atoms with E-state index in [0.717, 1.165) is 5.70 Å². The normalized spacial score (nSPS) is 24.5. The van der Waals surface area contributed by atoms with Crippen LogP contribution >= 0.6 is 0 Å². The Morgan fingerprint density at radius 2 is 1.53 bits per heavy atom. The van der Waals surface area contributed by atoms with Crippen LogP contribution in [0.25, 0.3) is 0 Å². The fourth-order valence-electron chi connectivity index (χ4n) is 2.36. The van der Waals surface area contributed by atoms with E-state index in [1.54, 1.807) is 0 Å². The summed E-state index contributed by atoms with van der Waals surface area (Å²) in [5, 5.41) is 3.23. The highest BCUT2D eigenvalue weighted by atomic mass is 16.7. The second kappa shape index (κ2) is 5.72. The molecule has 1 unspecified atom stereocenters. The first-order chi connectivity index (χ1) is 8.70. The minimum absolute atomic E-state index is 0.185. The summed E-state index contributed by atoms with van der Waals surface area (Å²) >= 11 is 0. The SMILES string of the molecule is C/C=C(NC)/C(=C/C)C(C)B1OC(C)(C)C(C)(C)O1. The van der Waals surface area contributed by atoms with Gasteiger partial charge in [0.05, 0.1) is 11.2 Å². The van der Waals surface area contributed by atoms with Crippen molar-refractivity contribution in [1.29, 1.82) is 0 Å². The minimum Gasteiger partial charge on any atom is -0.403 e. The first-order valence-corrected chi connectivity index (χ1v) is 7.06. The van der Waals surface area contributed by atoms with Crippen LogP contribution in [0.2, 0.25) is 5.82 Å². The van der Waals surface area contributed by atoms with E-state index in [2.05, 4.69) is 59.0 Å². The van der Waals surface area contributed by atoms with Gasteiger partial charge >= 0.3 is 7.12 Å². The molecule has 0 spiro atoms. The van der Waals surface area contributed by atoms with Gasteiger partial charge in [0, 0.05) is 18.6 Å². The summed E-state index contributed by atoms with van der Waals surface area (Å²) in [5.74, 6) is 0.185. The van der Waals surface area contributed by atoms with Gasteiger partial charge in [0.25, 0.3) is 0 Å². The van der Waals surface area contributed by atoms with Gasteiger partial charge in [0.2, 0.25) is 0 Å². The first kappa shape index (κ1) is 16.3. The highest BCUT2D eigenvalue weighted by Crippen LogP contribution is 2.42. The Hall–Kier alpha value is -0.735. The lowest BCUT2D eigenvalue weighted by Gasteiger charge is -2.32. The fraction of sp³-hybridized carbons (Fsp3) is 0.733. The van der Waals surface area contributed by atoms with Crippen LogP contribution in [0.4, 0.5) is 0 Å². The molecule has 1 aliphatic rings. The smallest absolute Gasteiger partial charge is 0.403 e. The van der Waals surface area contributed by atoms with Crippen molar-refractivity contribution in [3.8, 4) is 0 Å². The average Bonchev–Trinajstić information content (AvgIpc) is 2.54. The maximum Gasteiger partial charge on any atom is 0.465 e. The number of hydrogen-bond acceptors (Lipinski definition) is 3. The quantitative estimate of drug-likeness (QED) is 0.623. The lowest BCUT2D eigenvalue weighted by Crippen LogP contribution is -2.41. The molecular weight excluding hydrogens is 237 g/mol. The van der Waals surface area contributed by atoms with E-state index < -0.39 is 0 Å². The third-order valence-electron chi connectivity index (χ3n) is 4.35. The molecule has 0 radical (unpaired) electrons. The van der Waals surface area contributed by atoms with Crippen molar-refractivity contribution >= 4 is 7.12 Å². The molecule has 0 aromatic carbocycles. The molecule has 1 rings (SSSR count). The number of likely N-dealkylation sites (N-methyl/N-ethyl adjacent to an activating group) is 1. The van der Waals surface area contributed by atoms with Gasteiger partial charge in [-0.25, -0.2) is 0 Å². The minimum atomic E-state index is -0.277. The summed E-state index contributed by atoms with van der Waals surface area (Å²) < 4.78 is 12.3. The zero-order chi connectivity index (χ0) is 14.8. The predicted octanol–water partition coefficient (Wildman–Crippen LogP) is 3.54. The van der Waals surface area contributed by atoms with E-state index in [0.29, 0.717) is 0 Å². The number of rotatable bonds is 4. The van der Waals surface area contributed by atoms with Gasteiger partial charge < -0.3 is 14.6 Å². The van der Waals surface area contributed by atoms with E-state index in [4.69, 9.17) is 9.31 Å². The second-order valence-electron chi connectivity index (χ2n) is 6.11. The Morgan fingerprint density at radius 1 is 1.05 bits per heavy atom. The van der Waals surface area contributed by atoms with Crippen LogP contribution in [-0.4, -0.2) is 25.4 Å². The molecule has 19 heavy (non-hydrogen) atoms. The highest BCUT2D eigenvalue weighted by Gasteiger charge is 2.53. The Labute approximate surface area is 118 Å². The van der Waals surface area contributed by atoms with Gasteiger partial charge in [0.1, 0.15) is 0 Å². The molecule has 1 saturated heterocycles. The van der Waals surface area contributed by atoms with Gasteiger partial charge in [-0.2, -0.15) is 0 Å². The molecule has 0 saturated carbocycles. The first-order valence-electron chi connectivity index (χ1n) is 7.06. The molecular formula is C15H28BNO2. The molecule has 0 aromatic rings. The maximum absolute atomic E-state index is 6.13. The molecule has 1 N–H and O–H groups in total. The van der Waals surface area contributed by atoms with E-state index in [1.165, 1.54) is 5.57 Å². The van der Waals surface area contributed by atoms with Gasteiger partial charge in [-0.05, 0) is 47.1 Å². The average molecular weight is 265 g/mol. The summed E-state index contributed by atoms with van der Waals surface area (Å²) in [7, 11) is 1.73. The molecule has 1 heterocycles. The lowest BCUT2D eigenvalue weighted by molar-refractivity contribution is 0.00578. The largest absolute Gasteiger partial charge is 0.465 e. The van der Waals surface area contributed by atoms with Crippen LogP contribution in [0.15, 0.2) is 23.4 Å². The summed E-state index contributed by atoms with van der Waals surface area (Å²) in [6.45, 7) is 14.6. The van der Waals surface area contributed by atoms with Crippen LogP contribution in [0.5, 0.6) is 0 Å². The molecule has 4 heteroatoms. The topological polar surface area (TPSA) is 30.5 Å². The van der Waals surface area contributed by atoms with Crippen molar-refractivity contribution in [3.05, 3.63) is 23.4 Å². The molecule has 3 nitrogen and oxygen atoms in total. The van der Waals surface area contributed by atoms with Crippen LogP contribution < -0.4 is 5.32 Å². The molecule has 0 amide bonds. The van der Waals surface area contributed by atoms with Crippen LogP contribution in [0, 0.1) is 0 Å². The molecule has 1 aliphatic heterocycles. The molecule has 108 valence electrons. The Balaban J connectivity index is 2.94. The Kier molecular flexibility index (Phi) is 4.91. The van der Waals surface area contributed by atoms with Gasteiger partial charge in [0.15, 0.2) is 0 Å². The lowest BCUT2D eigenvalue weighted by atomic mass is 9.68. The Bertz CT molecular complexity index is 370. The summed E-state index contributed by atoms with van der Waals surface area (Å²) in [6.07, 6.45) is 4.21. The Morgan fingerprint density at radius 3 is 1.84 bits per heavy atom. The zero-order valence-corrected chi connectivity index (χ0v) is 13.6. The van der Waals surface area contributed by atoms with Gasteiger partial charge in [-0.15, -0.1) is 0 Å². The fourth-order valence-corrected chi connectivity index (χ4v) is 2.36. The number of nitrogens with one attached hydrogen (secondary N) is 1. The second-order valence-corrected chi connectivity index (χ2v) is 6.11. The van der Waals surface area contributed by atoms with Crippen LogP contribution in [-0.2, 0) is 9.31 Å².